The van der Waals surface area contributed by atoms with Crippen LogP contribution in [0.4, 0.5) is 0 Å². The van der Waals surface area contributed by atoms with Crippen LogP contribution in [0.5, 0.6) is 0 Å². The van der Waals surface area contributed by atoms with Crippen molar-refractivity contribution in [1.82, 2.24) is 10.2 Å². The first kappa shape index (κ1) is 18.8. The fraction of sp³-hybridized carbons (Fsp3) is 0.533. The lowest BCUT2D eigenvalue weighted by molar-refractivity contribution is -0.131. The molecule has 0 saturated carbocycles. The Labute approximate surface area is 145 Å². The summed E-state index contributed by atoms with van der Waals surface area (Å²) in [5.74, 6) is 1.09. The summed E-state index contributed by atoms with van der Waals surface area (Å²) >= 11 is 5.26. The average Bonchev–Trinajstić information content (AvgIpc) is 2.49. The monoisotopic (exact) mass is 392 g/mol. The second kappa shape index (κ2) is 9.72. The molecular weight excluding hydrogens is 372 g/mol. The molecule has 6 heteroatoms. The summed E-state index contributed by atoms with van der Waals surface area (Å²) < 4.78 is 1.10. The maximum atomic E-state index is 12.2. The average molecular weight is 394 g/mol. The van der Waals surface area contributed by atoms with Gasteiger partial charge in [0, 0.05) is 34.6 Å². The van der Waals surface area contributed by atoms with Crippen LogP contribution in [0, 0.1) is 0 Å². The molecule has 1 N–H and O–H groups in total. The number of nitrogens with zero attached hydrogens (tertiary/aromatic N) is 1. The first-order valence-electron chi connectivity index (χ1n) is 7.02. The highest BCUT2D eigenvalue weighted by Gasteiger charge is 2.21. The molecule has 118 valence electrons. The van der Waals surface area contributed by atoms with Gasteiger partial charge in [0.05, 0.1) is 0 Å². The van der Waals surface area contributed by atoms with E-state index in [0.29, 0.717) is 12.5 Å². The predicted octanol–water partition coefficient (Wildman–Crippen LogP) is 3.56. The normalized spacial score (nSPS) is 15.3. The number of hydrogen-bond acceptors (Lipinski definition) is 3. The molecule has 1 saturated heterocycles. The second-order valence-corrected chi connectivity index (χ2v) is 7.01. The van der Waals surface area contributed by atoms with Gasteiger partial charge in [-0.2, -0.15) is 0 Å². The van der Waals surface area contributed by atoms with Gasteiger partial charge >= 0.3 is 0 Å². The number of nitrogens with one attached hydrogen (secondary N) is 1. The Morgan fingerprint density at radius 2 is 2.05 bits per heavy atom. The highest BCUT2D eigenvalue weighted by molar-refractivity contribution is 9.10. The second-order valence-electron chi connectivity index (χ2n) is 5.01. The number of piperidine rings is 1. The first-order valence-corrected chi connectivity index (χ1v) is 8.80. The lowest BCUT2D eigenvalue weighted by Gasteiger charge is -2.31. The summed E-state index contributed by atoms with van der Waals surface area (Å²) in [5, 5.41) is 3.33. The van der Waals surface area contributed by atoms with Crippen molar-refractivity contribution in [2.75, 3.05) is 25.9 Å². The number of carbonyl (C=O) groups is 1. The van der Waals surface area contributed by atoms with Crippen LogP contribution in [0.3, 0.4) is 0 Å². The van der Waals surface area contributed by atoms with Crippen molar-refractivity contribution in [1.29, 1.82) is 0 Å². The Hall–Kier alpha value is -0.230. The largest absolute Gasteiger partial charge is 0.343 e. The molecule has 2 rings (SSSR count). The minimum Gasteiger partial charge on any atom is -0.343 e. The zero-order chi connectivity index (χ0) is 14.4. The van der Waals surface area contributed by atoms with E-state index in [1.807, 2.05) is 30.1 Å². The molecular formula is C15H22BrClN2OS. The third-order valence-electron chi connectivity index (χ3n) is 3.66. The molecule has 1 aromatic rings. The minimum absolute atomic E-state index is 0. The van der Waals surface area contributed by atoms with E-state index in [4.69, 9.17) is 0 Å². The Morgan fingerprint density at radius 1 is 1.38 bits per heavy atom. The van der Waals surface area contributed by atoms with E-state index in [9.17, 15) is 4.79 Å². The topological polar surface area (TPSA) is 32.3 Å². The third kappa shape index (κ3) is 5.81. The Kier molecular flexibility index (Phi) is 8.71. The summed E-state index contributed by atoms with van der Waals surface area (Å²) in [4.78, 5) is 15.3. The molecule has 1 fully saturated rings. The minimum atomic E-state index is 0. The number of thioether (sulfide) groups is 1. The molecule has 0 radical (unpaired) electrons. The maximum absolute atomic E-state index is 12.2. The molecule has 1 aromatic carbocycles. The van der Waals surface area contributed by atoms with Gasteiger partial charge in [0.15, 0.2) is 0 Å². The van der Waals surface area contributed by atoms with Crippen LogP contribution >= 0.6 is 40.1 Å². The van der Waals surface area contributed by atoms with E-state index in [0.717, 1.165) is 36.2 Å². The smallest absolute Gasteiger partial charge is 0.223 e. The molecule has 1 aliphatic rings. The van der Waals surface area contributed by atoms with Crippen molar-refractivity contribution in [3.8, 4) is 0 Å². The van der Waals surface area contributed by atoms with Crippen LogP contribution in [-0.2, 0) is 4.79 Å². The van der Waals surface area contributed by atoms with Gasteiger partial charge in [0.25, 0.3) is 0 Å². The molecule has 21 heavy (non-hydrogen) atoms. The predicted molar refractivity (Wildman–Crippen MR) is 95.4 cm³/mol. The zero-order valence-electron chi connectivity index (χ0n) is 12.2. The van der Waals surface area contributed by atoms with Crippen molar-refractivity contribution < 1.29 is 4.79 Å². The summed E-state index contributed by atoms with van der Waals surface area (Å²) in [6.07, 6.45) is 2.74. The third-order valence-corrected chi connectivity index (χ3v) is 5.69. The fourth-order valence-corrected chi connectivity index (χ4v) is 3.89. The number of amides is 1. The lowest BCUT2D eigenvalue weighted by Crippen LogP contribution is -2.44. The summed E-state index contributed by atoms with van der Waals surface area (Å²) in [6, 6.07) is 8.55. The molecule has 0 aromatic heterocycles. The van der Waals surface area contributed by atoms with E-state index in [1.165, 1.54) is 4.90 Å². The summed E-state index contributed by atoms with van der Waals surface area (Å²) in [6.45, 7) is 2.04. The van der Waals surface area contributed by atoms with Crippen molar-refractivity contribution in [2.45, 2.75) is 30.2 Å². The van der Waals surface area contributed by atoms with Crippen LogP contribution in [-0.4, -0.2) is 42.7 Å². The van der Waals surface area contributed by atoms with Crippen molar-refractivity contribution in [2.24, 2.45) is 0 Å². The van der Waals surface area contributed by atoms with E-state index in [2.05, 4.69) is 27.3 Å². The number of rotatable bonds is 5. The number of hydrogen-bond donors (Lipinski definition) is 1. The van der Waals surface area contributed by atoms with Gasteiger partial charge in [0.1, 0.15) is 0 Å². The molecule has 0 aliphatic carbocycles. The standard InChI is InChI=1S/C15H21BrN2OS.ClH/c1-18(12-6-9-17-10-7-12)15(19)8-11-20-14-5-3-2-4-13(14)16;/h2-5,12,17H,6-11H2,1H3;1H. The van der Waals surface area contributed by atoms with Crippen LogP contribution in [0.2, 0.25) is 0 Å². The van der Waals surface area contributed by atoms with Crippen molar-refractivity contribution >= 4 is 46.0 Å². The number of benzene rings is 1. The van der Waals surface area contributed by atoms with Gasteiger partial charge in [-0.25, -0.2) is 0 Å². The summed E-state index contributed by atoms with van der Waals surface area (Å²) in [7, 11) is 1.95. The van der Waals surface area contributed by atoms with Crippen LogP contribution < -0.4 is 5.32 Å². The molecule has 0 atom stereocenters. The van der Waals surface area contributed by atoms with Crippen LogP contribution in [0.1, 0.15) is 19.3 Å². The summed E-state index contributed by atoms with van der Waals surface area (Å²) in [5.41, 5.74) is 0. The quantitative estimate of drug-likeness (QED) is 0.776. The van der Waals surface area contributed by atoms with Crippen LogP contribution in [0.15, 0.2) is 33.6 Å². The van der Waals surface area contributed by atoms with E-state index in [-0.39, 0.29) is 18.3 Å². The molecule has 1 amide bonds. The number of halogens is 2. The van der Waals surface area contributed by atoms with Gasteiger partial charge < -0.3 is 10.2 Å². The Balaban J connectivity index is 0.00000220. The van der Waals surface area contributed by atoms with E-state index < -0.39 is 0 Å². The van der Waals surface area contributed by atoms with Gasteiger partial charge in [-0.15, -0.1) is 24.2 Å². The van der Waals surface area contributed by atoms with E-state index >= 15 is 0 Å². The molecule has 1 aliphatic heterocycles. The van der Waals surface area contributed by atoms with Gasteiger partial charge in [-0.3, -0.25) is 4.79 Å². The van der Waals surface area contributed by atoms with E-state index in [1.54, 1.807) is 11.8 Å². The Morgan fingerprint density at radius 3 is 2.71 bits per heavy atom. The van der Waals surface area contributed by atoms with Gasteiger partial charge in [-0.05, 0) is 54.0 Å². The molecule has 1 heterocycles. The number of carbonyl (C=O) groups excluding carboxylic acids is 1. The first-order chi connectivity index (χ1) is 9.68. The maximum Gasteiger partial charge on any atom is 0.223 e. The molecule has 0 spiro atoms. The lowest BCUT2D eigenvalue weighted by atomic mass is 10.1. The van der Waals surface area contributed by atoms with Crippen LogP contribution in [0.25, 0.3) is 0 Å². The van der Waals surface area contributed by atoms with Gasteiger partial charge in [-0.1, -0.05) is 12.1 Å². The fourth-order valence-electron chi connectivity index (χ4n) is 2.38. The van der Waals surface area contributed by atoms with Gasteiger partial charge in [0.2, 0.25) is 5.91 Å². The highest BCUT2D eigenvalue weighted by atomic mass is 79.9. The van der Waals surface area contributed by atoms with Crippen molar-refractivity contribution in [3.63, 3.8) is 0 Å². The zero-order valence-corrected chi connectivity index (χ0v) is 15.4. The molecule has 0 unspecified atom stereocenters. The van der Waals surface area contributed by atoms with Crippen molar-refractivity contribution in [3.05, 3.63) is 28.7 Å². The highest BCUT2D eigenvalue weighted by Crippen LogP contribution is 2.27. The molecule has 3 nitrogen and oxygen atoms in total. The Bertz CT molecular complexity index is 455. The SMILES string of the molecule is CN(C(=O)CCSc1ccccc1Br)C1CCNCC1.Cl. The molecule has 0 bridgehead atoms.